The lowest BCUT2D eigenvalue weighted by atomic mass is 9.96. The van der Waals surface area contributed by atoms with E-state index in [-0.39, 0.29) is 48.4 Å². The summed E-state index contributed by atoms with van der Waals surface area (Å²) in [4.78, 5) is 30.6. The van der Waals surface area contributed by atoms with Crippen LogP contribution in [0, 0.1) is 0 Å². The maximum absolute atomic E-state index is 15.2. The second-order valence-corrected chi connectivity index (χ2v) is 7.92. The summed E-state index contributed by atoms with van der Waals surface area (Å²) in [7, 11) is 1.52. The Morgan fingerprint density at radius 2 is 1.81 bits per heavy atom. The number of benzene rings is 2. The van der Waals surface area contributed by atoms with Crippen molar-refractivity contribution >= 4 is 11.2 Å². The predicted octanol–water partition coefficient (Wildman–Crippen LogP) is 2.45. The normalized spacial score (nSPS) is 14.4. The Bertz CT molecular complexity index is 1480. The third kappa shape index (κ3) is 2.92. The molecule has 1 N–H and O–H groups in total. The molecule has 0 saturated heterocycles. The van der Waals surface area contributed by atoms with Crippen molar-refractivity contribution in [2.24, 2.45) is 7.05 Å². The van der Waals surface area contributed by atoms with Gasteiger partial charge in [-0.2, -0.15) is 8.78 Å². The molecule has 4 bridgehead atoms. The quantitative estimate of drug-likeness (QED) is 0.533. The fraction of sp³-hybridized carbons (Fsp3) is 0.261. The topological polar surface area (TPSA) is 82.0 Å². The minimum absolute atomic E-state index is 0.0651. The van der Waals surface area contributed by atoms with E-state index in [1.807, 2.05) is 0 Å². The van der Waals surface area contributed by atoms with E-state index in [4.69, 9.17) is 5.11 Å². The molecule has 0 atom stereocenters. The summed E-state index contributed by atoms with van der Waals surface area (Å²) in [5.74, 6) is -2.86. The molecule has 1 aliphatic rings. The van der Waals surface area contributed by atoms with Crippen molar-refractivity contribution in [1.82, 2.24) is 18.7 Å². The Kier molecular flexibility index (Phi) is 4.59. The van der Waals surface area contributed by atoms with Crippen LogP contribution >= 0.6 is 0 Å². The molecule has 0 aliphatic carbocycles. The molecule has 0 saturated carbocycles. The summed E-state index contributed by atoms with van der Waals surface area (Å²) < 4.78 is 34.4. The number of aliphatic hydroxyl groups is 1. The summed E-state index contributed by atoms with van der Waals surface area (Å²) >= 11 is 0. The first-order chi connectivity index (χ1) is 15.3. The van der Waals surface area contributed by atoms with Crippen LogP contribution in [-0.2, 0) is 26.1 Å². The number of aliphatic hydroxyl groups excluding tert-OH is 1. The monoisotopic (exact) mass is 438 g/mol. The van der Waals surface area contributed by atoms with Crippen molar-refractivity contribution in [3.63, 3.8) is 0 Å². The Morgan fingerprint density at radius 1 is 1.09 bits per heavy atom. The number of hydrogen-bond donors (Lipinski definition) is 1. The maximum atomic E-state index is 15.2. The van der Waals surface area contributed by atoms with E-state index in [2.05, 4.69) is 4.98 Å². The number of aromatic nitrogens is 4. The summed E-state index contributed by atoms with van der Waals surface area (Å²) in [5, 5.41) is 9.16. The Labute approximate surface area is 180 Å². The summed E-state index contributed by atoms with van der Waals surface area (Å²) in [6.45, 7) is 0.0367. The minimum atomic E-state index is -3.19. The standard InChI is InChI=1S/C23H20F2N4O3/c1-27-20-18(21(31)28(22(27)32)9-4-10-30)29-13-14-5-2-7-16(11-14)23(24,25)17-8-3-6-15(12-17)19(29)26-20/h2-3,5-8,11-12,30H,4,9-10,13H2,1H3. The number of hydrogen-bond acceptors (Lipinski definition) is 4. The zero-order valence-corrected chi connectivity index (χ0v) is 17.3. The van der Waals surface area contributed by atoms with Gasteiger partial charge in [0.05, 0.1) is 0 Å². The van der Waals surface area contributed by atoms with Crippen LogP contribution in [0.15, 0.2) is 58.1 Å². The van der Waals surface area contributed by atoms with Crippen LogP contribution in [0.25, 0.3) is 22.6 Å². The fourth-order valence-corrected chi connectivity index (χ4v) is 4.24. The van der Waals surface area contributed by atoms with Gasteiger partial charge in [-0.25, -0.2) is 9.78 Å². The average molecular weight is 438 g/mol. The van der Waals surface area contributed by atoms with E-state index >= 15 is 8.78 Å². The third-order valence-corrected chi connectivity index (χ3v) is 5.89. The number of aryl methyl sites for hydroxylation is 1. The zero-order chi connectivity index (χ0) is 22.6. The number of imidazole rings is 1. The van der Waals surface area contributed by atoms with Crippen LogP contribution in [0.3, 0.4) is 0 Å². The van der Waals surface area contributed by atoms with Crippen molar-refractivity contribution in [2.45, 2.75) is 25.4 Å². The number of nitrogens with zero attached hydrogens (tertiary/aromatic N) is 4. The Balaban J connectivity index is 1.89. The number of fused-ring (bicyclic) bond motifs is 8. The molecule has 164 valence electrons. The van der Waals surface area contributed by atoms with Gasteiger partial charge in [0.2, 0.25) is 0 Å². The fourth-order valence-electron chi connectivity index (χ4n) is 4.24. The second kappa shape index (κ2) is 7.23. The highest BCUT2D eigenvalue weighted by atomic mass is 19.3. The van der Waals surface area contributed by atoms with Gasteiger partial charge in [0.1, 0.15) is 5.82 Å². The average Bonchev–Trinajstić information content (AvgIpc) is 3.17. The molecule has 5 rings (SSSR count). The molecule has 0 unspecified atom stereocenters. The van der Waals surface area contributed by atoms with E-state index < -0.39 is 17.2 Å². The highest BCUT2D eigenvalue weighted by molar-refractivity contribution is 5.77. The van der Waals surface area contributed by atoms with Gasteiger partial charge in [-0.05, 0) is 24.1 Å². The van der Waals surface area contributed by atoms with Gasteiger partial charge >= 0.3 is 5.69 Å². The summed E-state index contributed by atoms with van der Waals surface area (Å²) in [5.41, 5.74) is 0.0322. The Morgan fingerprint density at radius 3 is 2.56 bits per heavy atom. The first kappa shape index (κ1) is 20.3. The summed E-state index contributed by atoms with van der Waals surface area (Å²) in [6.07, 6.45) is 0.251. The smallest absolute Gasteiger partial charge is 0.332 e. The minimum Gasteiger partial charge on any atom is -0.396 e. The molecule has 0 radical (unpaired) electrons. The predicted molar refractivity (Wildman–Crippen MR) is 115 cm³/mol. The van der Waals surface area contributed by atoms with Crippen LogP contribution < -0.4 is 11.2 Å². The van der Waals surface area contributed by atoms with Crippen molar-refractivity contribution < 1.29 is 13.9 Å². The molecule has 0 spiro atoms. The van der Waals surface area contributed by atoms with Crippen molar-refractivity contribution in [3.8, 4) is 11.4 Å². The number of alkyl halides is 2. The highest BCUT2D eigenvalue weighted by Gasteiger charge is 2.35. The number of rotatable bonds is 3. The van der Waals surface area contributed by atoms with Gasteiger partial charge in [-0.1, -0.05) is 36.4 Å². The van der Waals surface area contributed by atoms with Gasteiger partial charge in [0, 0.05) is 43.4 Å². The van der Waals surface area contributed by atoms with E-state index in [1.165, 1.54) is 41.9 Å². The van der Waals surface area contributed by atoms with Gasteiger partial charge in [-0.15, -0.1) is 0 Å². The maximum Gasteiger partial charge on any atom is 0.332 e. The molecular formula is C23H20F2N4O3. The lowest BCUT2D eigenvalue weighted by Gasteiger charge is -2.21. The lowest BCUT2D eigenvalue weighted by Crippen LogP contribution is -2.40. The van der Waals surface area contributed by atoms with Crippen LogP contribution in [0.2, 0.25) is 0 Å². The van der Waals surface area contributed by atoms with Crippen molar-refractivity contribution in [3.05, 3.63) is 86.1 Å². The van der Waals surface area contributed by atoms with Gasteiger partial charge in [-0.3, -0.25) is 13.9 Å². The largest absolute Gasteiger partial charge is 0.396 e. The zero-order valence-electron chi connectivity index (χ0n) is 17.3. The highest BCUT2D eigenvalue weighted by Crippen LogP contribution is 2.38. The van der Waals surface area contributed by atoms with E-state index in [0.717, 1.165) is 4.57 Å². The first-order valence-corrected chi connectivity index (χ1v) is 10.2. The van der Waals surface area contributed by atoms with Crippen LogP contribution in [0.4, 0.5) is 8.78 Å². The van der Waals surface area contributed by atoms with Gasteiger partial charge in [0.25, 0.3) is 11.5 Å². The van der Waals surface area contributed by atoms with E-state index in [9.17, 15) is 9.59 Å². The molecule has 0 amide bonds. The van der Waals surface area contributed by atoms with Gasteiger partial charge in [0.15, 0.2) is 11.2 Å². The SMILES string of the molecule is Cn1c(=O)n(CCCO)c(=O)c2c1nc1n2Cc2cccc(c2)C(F)(F)c2cccc-1c2. The van der Waals surface area contributed by atoms with Crippen molar-refractivity contribution in [2.75, 3.05) is 6.61 Å². The van der Waals surface area contributed by atoms with Crippen molar-refractivity contribution in [1.29, 1.82) is 0 Å². The number of halogens is 2. The molecule has 3 heterocycles. The van der Waals surface area contributed by atoms with E-state index in [0.29, 0.717) is 17.0 Å². The van der Waals surface area contributed by atoms with E-state index in [1.54, 1.807) is 22.8 Å². The second-order valence-electron chi connectivity index (χ2n) is 7.92. The molecule has 4 aromatic rings. The molecule has 1 aliphatic heterocycles. The lowest BCUT2D eigenvalue weighted by molar-refractivity contribution is 0.0427. The molecule has 7 nitrogen and oxygen atoms in total. The molecular weight excluding hydrogens is 418 g/mol. The van der Waals surface area contributed by atoms with Crippen LogP contribution in [0.5, 0.6) is 0 Å². The Hall–Kier alpha value is -3.59. The molecule has 9 heteroatoms. The summed E-state index contributed by atoms with van der Waals surface area (Å²) in [6, 6.07) is 12.0. The molecule has 2 aromatic carbocycles. The van der Waals surface area contributed by atoms with Crippen LogP contribution in [-0.4, -0.2) is 30.4 Å². The third-order valence-electron chi connectivity index (χ3n) is 5.89. The molecule has 32 heavy (non-hydrogen) atoms. The molecule has 2 aromatic heterocycles. The van der Waals surface area contributed by atoms with Crippen LogP contribution in [0.1, 0.15) is 23.1 Å². The molecule has 0 fully saturated rings. The van der Waals surface area contributed by atoms with Gasteiger partial charge < -0.3 is 9.67 Å². The first-order valence-electron chi connectivity index (χ1n) is 10.2.